The van der Waals surface area contributed by atoms with E-state index in [4.69, 9.17) is 4.74 Å². The molecule has 11 nitrogen and oxygen atoms in total. The normalized spacial score (nSPS) is 12.7. The number of carbonyl (C=O) groups is 2. The minimum absolute atomic E-state index is 0.0262. The van der Waals surface area contributed by atoms with Crippen molar-refractivity contribution in [1.29, 1.82) is 0 Å². The number of anilines is 1. The van der Waals surface area contributed by atoms with Crippen LogP contribution in [-0.2, 0) is 0 Å². The van der Waals surface area contributed by atoms with Crippen LogP contribution in [0.2, 0.25) is 0 Å². The van der Waals surface area contributed by atoms with Gasteiger partial charge >= 0.3 is 6.09 Å². The summed E-state index contributed by atoms with van der Waals surface area (Å²) in [5, 5.41) is 13.0. The fourth-order valence-corrected chi connectivity index (χ4v) is 5.33. The Morgan fingerprint density at radius 2 is 1.76 bits per heavy atom. The van der Waals surface area contributed by atoms with Crippen molar-refractivity contribution in [3.8, 4) is 16.3 Å². The van der Waals surface area contributed by atoms with E-state index in [-0.39, 0.29) is 23.0 Å². The first-order valence-corrected chi connectivity index (χ1v) is 13.4. The largest absolute Gasteiger partial charge is 0.485 e. The van der Waals surface area contributed by atoms with Crippen molar-refractivity contribution >= 4 is 50.3 Å². The predicted octanol–water partition coefficient (Wildman–Crippen LogP) is 5.15. The summed E-state index contributed by atoms with van der Waals surface area (Å²) >= 11 is 1.33. The Morgan fingerprint density at radius 1 is 1.02 bits per heavy atom. The van der Waals surface area contributed by atoms with Crippen molar-refractivity contribution in [2.24, 2.45) is 0 Å². The standard InChI is InChI=1S/C28H26FN7O4S/c1-13-6-18(25-21(7-13)34-22(12-33-25)26(37)30-5)27-35-20-8-19(29)23(9-24(20)41-27)40-15(3)14(2)36(28(38)39)17-10-31-16(4)32-11-17/h6-12,14-15H,1-5H3,(H,30,37)(H,38,39). The van der Waals surface area contributed by atoms with Crippen LogP contribution in [0.3, 0.4) is 0 Å². The molecular formula is C28H26FN7O4S. The van der Waals surface area contributed by atoms with Gasteiger partial charge in [0, 0.05) is 24.7 Å². The molecule has 3 aromatic heterocycles. The number of carboxylic acid groups (broad SMARTS) is 1. The van der Waals surface area contributed by atoms with Crippen LogP contribution in [0.25, 0.3) is 31.8 Å². The van der Waals surface area contributed by atoms with E-state index in [1.54, 1.807) is 26.8 Å². The van der Waals surface area contributed by atoms with E-state index < -0.39 is 24.1 Å². The van der Waals surface area contributed by atoms with Crippen molar-refractivity contribution in [2.75, 3.05) is 11.9 Å². The van der Waals surface area contributed by atoms with Gasteiger partial charge in [-0.15, -0.1) is 11.3 Å². The molecule has 0 aliphatic carbocycles. The van der Waals surface area contributed by atoms with Crippen LogP contribution in [0.5, 0.6) is 5.75 Å². The van der Waals surface area contributed by atoms with E-state index in [9.17, 15) is 14.7 Å². The molecular weight excluding hydrogens is 549 g/mol. The van der Waals surface area contributed by atoms with E-state index in [1.165, 1.54) is 43.0 Å². The Labute approximate surface area is 238 Å². The summed E-state index contributed by atoms with van der Waals surface area (Å²) in [6.07, 6.45) is 2.31. The van der Waals surface area contributed by atoms with Crippen LogP contribution in [-0.4, -0.2) is 61.2 Å². The van der Waals surface area contributed by atoms with Gasteiger partial charge in [-0.3, -0.25) is 14.7 Å². The van der Waals surface area contributed by atoms with Crippen molar-refractivity contribution in [2.45, 2.75) is 39.8 Å². The van der Waals surface area contributed by atoms with Crippen LogP contribution in [0, 0.1) is 19.7 Å². The molecule has 13 heteroatoms. The zero-order valence-corrected chi connectivity index (χ0v) is 23.7. The average Bonchev–Trinajstić information content (AvgIpc) is 3.35. The molecule has 2 unspecified atom stereocenters. The fraction of sp³-hybridized carbons (Fsp3) is 0.250. The third-order valence-electron chi connectivity index (χ3n) is 6.57. The van der Waals surface area contributed by atoms with Crippen LogP contribution >= 0.6 is 11.3 Å². The monoisotopic (exact) mass is 575 g/mol. The minimum atomic E-state index is -1.21. The number of halogens is 1. The first kappa shape index (κ1) is 27.8. The molecule has 2 N–H and O–H groups in total. The number of aromatic nitrogens is 5. The average molecular weight is 576 g/mol. The molecule has 3 heterocycles. The number of amides is 2. The fourth-order valence-electron chi connectivity index (χ4n) is 4.34. The molecule has 2 amide bonds. The molecule has 0 aliphatic heterocycles. The number of rotatable bonds is 7. The van der Waals surface area contributed by atoms with E-state index >= 15 is 4.39 Å². The van der Waals surface area contributed by atoms with Gasteiger partial charge in [0.2, 0.25) is 0 Å². The molecule has 210 valence electrons. The summed E-state index contributed by atoms with van der Waals surface area (Å²) < 4.78 is 21.8. The van der Waals surface area contributed by atoms with Gasteiger partial charge < -0.3 is 15.2 Å². The van der Waals surface area contributed by atoms with Gasteiger partial charge in [-0.1, -0.05) is 0 Å². The maximum absolute atomic E-state index is 15.2. The van der Waals surface area contributed by atoms with Gasteiger partial charge in [0.25, 0.3) is 5.91 Å². The van der Waals surface area contributed by atoms with Gasteiger partial charge in [-0.05, 0) is 45.4 Å². The van der Waals surface area contributed by atoms with Crippen molar-refractivity contribution in [3.05, 3.63) is 65.8 Å². The molecule has 0 fully saturated rings. The summed E-state index contributed by atoms with van der Waals surface area (Å²) in [4.78, 5) is 46.9. The molecule has 0 radical (unpaired) electrons. The second-order valence-electron chi connectivity index (χ2n) is 9.49. The Bertz CT molecular complexity index is 1790. The number of benzene rings is 2. The van der Waals surface area contributed by atoms with Gasteiger partial charge in [0.15, 0.2) is 11.6 Å². The number of aryl methyl sites for hydroxylation is 2. The van der Waals surface area contributed by atoms with E-state index in [2.05, 4.69) is 30.2 Å². The number of hydrogen-bond acceptors (Lipinski definition) is 9. The first-order valence-electron chi connectivity index (χ1n) is 12.6. The lowest BCUT2D eigenvalue weighted by molar-refractivity contribution is 0.0958. The number of hydrogen-bond donors (Lipinski definition) is 2. The summed E-state index contributed by atoms with van der Waals surface area (Å²) in [5.74, 6) is -0.484. The predicted molar refractivity (Wildman–Crippen MR) is 153 cm³/mol. The zero-order valence-electron chi connectivity index (χ0n) is 22.8. The lowest BCUT2D eigenvalue weighted by Crippen LogP contribution is -2.46. The topological polar surface area (TPSA) is 143 Å². The molecule has 0 spiro atoms. The highest BCUT2D eigenvalue weighted by Crippen LogP contribution is 2.37. The zero-order chi connectivity index (χ0) is 29.4. The molecule has 0 bridgehead atoms. The van der Waals surface area contributed by atoms with Crippen molar-refractivity contribution < 1.29 is 23.8 Å². The lowest BCUT2D eigenvalue weighted by Gasteiger charge is -2.30. The number of nitrogens with zero attached hydrogens (tertiary/aromatic N) is 6. The second-order valence-corrected chi connectivity index (χ2v) is 10.5. The Kier molecular flexibility index (Phi) is 7.45. The summed E-state index contributed by atoms with van der Waals surface area (Å²) in [6.45, 7) is 6.94. The highest BCUT2D eigenvalue weighted by molar-refractivity contribution is 7.21. The van der Waals surface area contributed by atoms with Crippen molar-refractivity contribution in [1.82, 2.24) is 30.2 Å². The molecule has 2 atom stereocenters. The highest BCUT2D eigenvalue weighted by atomic mass is 32.1. The molecule has 2 aromatic carbocycles. The van der Waals surface area contributed by atoms with E-state index in [1.807, 2.05) is 19.1 Å². The molecule has 0 saturated heterocycles. The smallest absolute Gasteiger partial charge is 0.412 e. The number of thiazole rings is 1. The van der Waals surface area contributed by atoms with E-state index in [0.717, 1.165) is 10.5 Å². The number of nitrogens with one attached hydrogen (secondary N) is 1. The Balaban J connectivity index is 1.46. The molecule has 5 rings (SSSR count). The molecule has 0 aliphatic rings. The first-order chi connectivity index (χ1) is 19.5. The third kappa shape index (κ3) is 5.48. The second kappa shape index (κ2) is 11.0. The number of fused-ring (bicyclic) bond motifs is 2. The molecule has 0 saturated carbocycles. The highest BCUT2D eigenvalue weighted by Gasteiger charge is 2.29. The van der Waals surface area contributed by atoms with Crippen molar-refractivity contribution in [3.63, 3.8) is 0 Å². The van der Waals surface area contributed by atoms with Crippen LogP contribution in [0.1, 0.15) is 35.7 Å². The quantitative estimate of drug-likeness (QED) is 0.269. The summed E-state index contributed by atoms with van der Waals surface area (Å²) in [7, 11) is 1.52. The van der Waals surface area contributed by atoms with Crippen LogP contribution in [0.4, 0.5) is 14.9 Å². The Morgan fingerprint density at radius 3 is 2.44 bits per heavy atom. The van der Waals surface area contributed by atoms with Gasteiger partial charge in [-0.25, -0.2) is 29.1 Å². The van der Waals surface area contributed by atoms with E-state index in [0.29, 0.717) is 37.6 Å². The van der Waals surface area contributed by atoms with Crippen LogP contribution in [0.15, 0.2) is 42.9 Å². The number of carbonyl (C=O) groups excluding carboxylic acids is 1. The molecule has 41 heavy (non-hydrogen) atoms. The lowest BCUT2D eigenvalue weighted by atomic mass is 10.1. The number of ether oxygens (including phenoxy) is 1. The third-order valence-corrected chi connectivity index (χ3v) is 7.63. The minimum Gasteiger partial charge on any atom is -0.485 e. The maximum Gasteiger partial charge on any atom is 0.412 e. The van der Waals surface area contributed by atoms with Gasteiger partial charge in [0.05, 0.1) is 51.6 Å². The maximum atomic E-state index is 15.2. The molecule has 5 aromatic rings. The van der Waals surface area contributed by atoms with Crippen LogP contribution < -0.4 is 15.0 Å². The Hall–Kier alpha value is -4.78. The SMILES string of the molecule is CNC(=O)c1cnc2c(-c3nc4cc(F)c(OC(C)C(C)N(C(=O)O)c5cnc(C)nc5)cc4s3)cc(C)cc2n1. The summed E-state index contributed by atoms with van der Waals surface area (Å²) in [6, 6.07) is 5.91. The van der Waals surface area contributed by atoms with Gasteiger partial charge in [-0.2, -0.15) is 0 Å². The summed E-state index contributed by atoms with van der Waals surface area (Å²) in [5.41, 5.74) is 3.63. The van der Waals surface area contributed by atoms with Gasteiger partial charge in [0.1, 0.15) is 22.6 Å².